The molecule has 0 radical (unpaired) electrons. The fourth-order valence-electron chi connectivity index (χ4n) is 1.89. The van der Waals surface area contributed by atoms with Crippen molar-refractivity contribution in [3.05, 3.63) is 29.6 Å². The molecule has 0 aliphatic carbocycles. The summed E-state index contributed by atoms with van der Waals surface area (Å²) in [6.45, 7) is 0.936. The van der Waals surface area contributed by atoms with Crippen LogP contribution in [0.4, 0.5) is 10.1 Å². The molecule has 1 aliphatic rings. The molecule has 2 rings (SSSR count). The van der Waals surface area contributed by atoms with Crippen LogP contribution in [-0.2, 0) is 9.53 Å². The lowest BCUT2D eigenvalue weighted by Gasteiger charge is -2.10. The highest BCUT2D eigenvalue weighted by molar-refractivity contribution is 5.92. The maximum atomic E-state index is 13.8. The molecule has 0 bridgehead atoms. The van der Waals surface area contributed by atoms with Crippen LogP contribution in [0.1, 0.15) is 18.4 Å². The highest BCUT2D eigenvalue weighted by Crippen LogP contribution is 2.19. The maximum absolute atomic E-state index is 13.8. The van der Waals surface area contributed by atoms with Crippen molar-refractivity contribution in [2.75, 3.05) is 25.1 Å². The molecule has 2 N–H and O–H groups in total. The Balaban J connectivity index is 2.02. The van der Waals surface area contributed by atoms with E-state index in [9.17, 15) is 9.18 Å². The summed E-state index contributed by atoms with van der Waals surface area (Å²) in [5.74, 6) is 4.50. The minimum atomic E-state index is -0.520. The Bertz CT molecular complexity index is 542. The van der Waals surface area contributed by atoms with Crippen LogP contribution in [0.15, 0.2) is 18.2 Å². The molecule has 5 heteroatoms. The number of ether oxygens (including phenoxy) is 1. The third-order valence-electron chi connectivity index (χ3n) is 3.00. The molecule has 1 heterocycles. The molecule has 0 spiro atoms. The van der Waals surface area contributed by atoms with Crippen molar-refractivity contribution in [3.8, 4) is 11.8 Å². The number of carbonyl (C=O) groups is 1. The molecule has 1 aromatic rings. The SMILES string of the molecule is O=C(Nc1ccc(C#CCCO)cc1F)C1CCOC1. The number of halogens is 1. The second-order valence-electron chi connectivity index (χ2n) is 4.52. The van der Waals surface area contributed by atoms with E-state index < -0.39 is 5.82 Å². The Labute approximate surface area is 116 Å². The number of benzene rings is 1. The summed E-state index contributed by atoms with van der Waals surface area (Å²) in [4.78, 5) is 11.8. The first kappa shape index (κ1) is 14.5. The quantitative estimate of drug-likeness (QED) is 0.824. The number of anilines is 1. The molecule has 4 nitrogen and oxygen atoms in total. The summed E-state index contributed by atoms with van der Waals surface area (Å²) >= 11 is 0. The van der Waals surface area contributed by atoms with Gasteiger partial charge in [-0.1, -0.05) is 11.8 Å². The Morgan fingerprint density at radius 1 is 1.55 bits per heavy atom. The third kappa shape index (κ3) is 3.80. The van der Waals surface area contributed by atoms with E-state index in [0.29, 0.717) is 31.6 Å². The van der Waals surface area contributed by atoms with Crippen molar-refractivity contribution in [3.63, 3.8) is 0 Å². The highest BCUT2D eigenvalue weighted by atomic mass is 19.1. The van der Waals surface area contributed by atoms with Crippen molar-refractivity contribution in [2.45, 2.75) is 12.8 Å². The summed E-state index contributed by atoms with van der Waals surface area (Å²) in [6.07, 6.45) is 1.01. The van der Waals surface area contributed by atoms with Gasteiger partial charge in [0, 0.05) is 18.6 Å². The average Bonchev–Trinajstić information content (AvgIpc) is 2.96. The van der Waals surface area contributed by atoms with Crippen molar-refractivity contribution < 1.29 is 19.0 Å². The smallest absolute Gasteiger partial charge is 0.229 e. The molecule has 1 atom stereocenters. The van der Waals surface area contributed by atoms with Crippen LogP contribution in [-0.4, -0.2) is 30.8 Å². The minimum Gasteiger partial charge on any atom is -0.395 e. The Morgan fingerprint density at radius 3 is 3.05 bits per heavy atom. The molecular weight excluding hydrogens is 261 g/mol. The normalized spacial score (nSPS) is 17.4. The summed E-state index contributed by atoms with van der Waals surface area (Å²) in [7, 11) is 0. The van der Waals surface area contributed by atoms with E-state index >= 15 is 0 Å². The van der Waals surface area contributed by atoms with E-state index in [-0.39, 0.29) is 24.1 Å². The summed E-state index contributed by atoms with van der Waals surface area (Å²) in [6, 6.07) is 4.39. The van der Waals surface area contributed by atoms with Crippen LogP contribution in [0.2, 0.25) is 0 Å². The van der Waals surface area contributed by atoms with Gasteiger partial charge in [0.05, 0.1) is 24.8 Å². The monoisotopic (exact) mass is 277 g/mol. The van der Waals surface area contributed by atoms with Gasteiger partial charge < -0.3 is 15.2 Å². The summed E-state index contributed by atoms with van der Waals surface area (Å²) < 4.78 is 19.0. The van der Waals surface area contributed by atoms with Gasteiger partial charge in [0.15, 0.2) is 0 Å². The average molecular weight is 277 g/mol. The van der Waals surface area contributed by atoms with Crippen molar-refractivity contribution in [1.29, 1.82) is 0 Å². The molecule has 1 aromatic carbocycles. The lowest BCUT2D eigenvalue weighted by Crippen LogP contribution is -2.23. The van der Waals surface area contributed by atoms with Gasteiger partial charge in [-0.15, -0.1) is 0 Å². The van der Waals surface area contributed by atoms with E-state index in [1.54, 1.807) is 6.07 Å². The predicted molar refractivity (Wildman–Crippen MR) is 72.5 cm³/mol. The van der Waals surface area contributed by atoms with Crippen LogP contribution in [0.5, 0.6) is 0 Å². The summed E-state index contributed by atoms with van der Waals surface area (Å²) in [5, 5.41) is 11.2. The van der Waals surface area contributed by atoms with Gasteiger partial charge in [0.1, 0.15) is 5.82 Å². The molecule has 1 fully saturated rings. The van der Waals surface area contributed by atoms with E-state index in [1.807, 2.05) is 0 Å². The number of rotatable bonds is 3. The number of aliphatic hydroxyl groups excluding tert-OH is 1. The molecule has 1 amide bonds. The number of nitrogens with one attached hydrogen (secondary N) is 1. The van der Waals surface area contributed by atoms with Crippen molar-refractivity contribution >= 4 is 11.6 Å². The van der Waals surface area contributed by atoms with Crippen LogP contribution in [0.3, 0.4) is 0 Å². The second-order valence-corrected chi connectivity index (χ2v) is 4.52. The Hall–Kier alpha value is -1.90. The van der Waals surface area contributed by atoms with Gasteiger partial charge in [-0.3, -0.25) is 4.79 Å². The standard InChI is InChI=1S/C15H16FNO3/c16-13-9-11(3-1-2-7-18)4-5-14(13)17-15(19)12-6-8-20-10-12/h4-5,9,12,18H,2,6-8,10H2,(H,17,19). The molecule has 1 aliphatic heterocycles. The molecule has 1 saturated heterocycles. The Kier molecular flexibility index (Phi) is 5.10. The highest BCUT2D eigenvalue weighted by Gasteiger charge is 2.24. The van der Waals surface area contributed by atoms with E-state index in [2.05, 4.69) is 17.2 Å². The molecule has 106 valence electrons. The molecular formula is C15H16FNO3. The number of hydrogen-bond donors (Lipinski definition) is 2. The van der Waals surface area contributed by atoms with Crippen molar-refractivity contribution in [2.24, 2.45) is 5.92 Å². The third-order valence-corrected chi connectivity index (χ3v) is 3.00. The van der Waals surface area contributed by atoms with Gasteiger partial charge in [0.25, 0.3) is 0 Å². The van der Waals surface area contributed by atoms with Gasteiger partial charge in [-0.25, -0.2) is 4.39 Å². The minimum absolute atomic E-state index is 0.0208. The fraction of sp³-hybridized carbons (Fsp3) is 0.400. The first-order chi connectivity index (χ1) is 9.70. The van der Waals surface area contributed by atoms with Gasteiger partial charge >= 0.3 is 0 Å². The van der Waals surface area contributed by atoms with Crippen LogP contribution >= 0.6 is 0 Å². The predicted octanol–water partition coefficient (Wildman–Crippen LogP) is 1.53. The molecule has 0 saturated carbocycles. The fourth-order valence-corrected chi connectivity index (χ4v) is 1.89. The van der Waals surface area contributed by atoms with Crippen LogP contribution in [0.25, 0.3) is 0 Å². The summed E-state index contributed by atoms with van der Waals surface area (Å²) in [5.41, 5.74) is 0.660. The first-order valence-electron chi connectivity index (χ1n) is 6.48. The number of carbonyl (C=O) groups excluding carboxylic acids is 1. The lowest BCUT2D eigenvalue weighted by molar-refractivity contribution is -0.119. The van der Waals surface area contributed by atoms with Crippen molar-refractivity contribution in [1.82, 2.24) is 0 Å². The molecule has 0 aromatic heterocycles. The zero-order valence-electron chi connectivity index (χ0n) is 11.0. The number of aliphatic hydroxyl groups is 1. The van der Waals surface area contributed by atoms with Gasteiger partial charge in [0.2, 0.25) is 5.91 Å². The number of amides is 1. The second kappa shape index (κ2) is 7.04. The van der Waals surface area contributed by atoms with E-state index in [1.165, 1.54) is 12.1 Å². The van der Waals surface area contributed by atoms with Crippen LogP contribution < -0.4 is 5.32 Å². The lowest BCUT2D eigenvalue weighted by atomic mass is 10.1. The van der Waals surface area contributed by atoms with E-state index in [0.717, 1.165) is 0 Å². The van der Waals surface area contributed by atoms with Crippen LogP contribution in [0, 0.1) is 23.6 Å². The first-order valence-corrected chi connectivity index (χ1v) is 6.48. The van der Waals surface area contributed by atoms with E-state index in [4.69, 9.17) is 9.84 Å². The number of hydrogen-bond acceptors (Lipinski definition) is 3. The van der Waals surface area contributed by atoms with Gasteiger partial charge in [-0.05, 0) is 24.6 Å². The zero-order valence-corrected chi connectivity index (χ0v) is 11.0. The Morgan fingerprint density at radius 2 is 2.40 bits per heavy atom. The molecule has 20 heavy (non-hydrogen) atoms. The zero-order chi connectivity index (χ0) is 14.4. The van der Waals surface area contributed by atoms with Gasteiger partial charge in [-0.2, -0.15) is 0 Å². The topological polar surface area (TPSA) is 58.6 Å². The maximum Gasteiger partial charge on any atom is 0.229 e. The molecule has 1 unspecified atom stereocenters. The largest absolute Gasteiger partial charge is 0.395 e.